The molecule has 2 atom stereocenters. The Morgan fingerprint density at radius 3 is 2.60 bits per heavy atom. The number of hydrogen-bond donors (Lipinski definition) is 2. The van der Waals surface area contributed by atoms with Crippen LogP contribution in [0.5, 0.6) is 0 Å². The number of carbonyl (C=O) groups excluding carboxylic acids is 2. The van der Waals surface area contributed by atoms with Gasteiger partial charge in [-0.05, 0) is 12.8 Å². The molecule has 0 saturated carbocycles. The first-order valence-electron chi connectivity index (χ1n) is 7.02. The van der Waals surface area contributed by atoms with Gasteiger partial charge >= 0.3 is 0 Å². The lowest BCUT2D eigenvalue weighted by molar-refractivity contribution is -0.136. The third-order valence-electron chi connectivity index (χ3n) is 3.92. The Morgan fingerprint density at radius 2 is 2.05 bits per heavy atom. The van der Waals surface area contributed by atoms with Crippen LogP contribution in [-0.2, 0) is 19.1 Å². The minimum atomic E-state index is -0.247. The van der Waals surface area contributed by atoms with Crippen LogP contribution in [0.2, 0.25) is 0 Å². The molecule has 2 saturated heterocycles. The molecule has 2 rings (SSSR count). The van der Waals surface area contributed by atoms with E-state index in [1.54, 1.807) is 4.90 Å². The Labute approximate surface area is 118 Å². The smallest absolute Gasteiger partial charge is 0.248 e. The molecule has 2 fully saturated rings. The molecule has 7 heteroatoms. The average Bonchev–Trinajstić information content (AvgIpc) is 2.86. The standard InChI is InChI=1S/C13H23N3O4/c1-19-8-12(17)16-4-2-9(3-5-16)15-13(18)10-6-20-7-11(10)14/h9-11H,2-8,14H2,1H3,(H,15,18). The van der Waals surface area contributed by atoms with E-state index in [1.165, 1.54) is 7.11 Å². The van der Waals surface area contributed by atoms with Gasteiger partial charge in [0.15, 0.2) is 0 Å². The van der Waals surface area contributed by atoms with E-state index in [2.05, 4.69) is 5.32 Å². The summed E-state index contributed by atoms with van der Waals surface area (Å²) in [5, 5.41) is 3.01. The van der Waals surface area contributed by atoms with Crippen molar-refractivity contribution in [2.24, 2.45) is 11.7 Å². The van der Waals surface area contributed by atoms with Crippen molar-refractivity contribution in [2.75, 3.05) is 40.0 Å². The molecule has 2 aliphatic rings. The molecule has 0 aromatic rings. The second-order valence-electron chi connectivity index (χ2n) is 5.40. The minimum Gasteiger partial charge on any atom is -0.379 e. The van der Waals surface area contributed by atoms with Gasteiger partial charge in [-0.2, -0.15) is 0 Å². The highest BCUT2D eigenvalue weighted by molar-refractivity contribution is 5.80. The Balaban J connectivity index is 1.74. The van der Waals surface area contributed by atoms with Crippen LogP contribution in [0, 0.1) is 5.92 Å². The van der Waals surface area contributed by atoms with Gasteiger partial charge < -0.3 is 25.4 Å². The molecule has 7 nitrogen and oxygen atoms in total. The van der Waals surface area contributed by atoms with Crippen LogP contribution in [0.1, 0.15) is 12.8 Å². The number of nitrogens with one attached hydrogen (secondary N) is 1. The molecule has 0 spiro atoms. The largest absolute Gasteiger partial charge is 0.379 e. The normalized spacial score (nSPS) is 27.6. The molecule has 0 radical (unpaired) electrons. The van der Waals surface area contributed by atoms with Gasteiger partial charge in [-0.25, -0.2) is 0 Å². The molecule has 0 aromatic carbocycles. The number of hydrogen-bond acceptors (Lipinski definition) is 5. The number of rotatable bonds is 4. The van der Waals surface area contributed by atoms with Crippen molar-refractivity contribution < 1.29 is 19.1 Å². The van der Waals surface area contributed by atoms with E-state index >= 15 is 0 Å². The Bertz CT molecular complexity index is 356. The van der Waals surface area contributed by atoms with Gasteiger partial charge in [-0.1, -0.05) is 0 Å². The summed E-state index contributed by atoms with van der Waals surface area (Å²) in [4.78, 5) is 25.5. The lowest BCUT2D eigenvalue weighted by Gasteiger charge is -2.32. The van der Waals surface area contributed by atoms with Crippen LogP contribution in [-0.4, -0.2) is 68.8 Å². The molecule has 2 aliphatic heterocycles. The van der Waals surface area contributed by atoms with E-state index in [1.807, 2.05) is 0 Å². The summed E-state index contributed by atoms with van der Waals surface area (Å²) in [6, 6.07) is -0.0970. The summed E-state index contributed by atoms with van der Waals surface area (Å²) >= 11 is 0. The predicted octanol–water partition coefficient (Wildman–Crippen LogP) is -1.29. The number of piperidine rings is 1. The lowest BCUT2D eigenvalue weighted by atomic mass is 10.0. The molecule has 20 heavy (non-hydrogen) atoms. The first-order valence-corrected chi connectivity index (χ1v) is 7.02. The number of nitrogens with zero attached hydrogens (tertiary/aromatic N) is 1. The van der Waals surface area contributed by atoms with E-state index in [9.17, 15) is 9.59 Å². The first kappa shape index (κ1) is 15.2. The quantitative estimate of drug-likeness (QED) is 0.670. The van der Waals surface area contributed by atoms with Crippen LogP contribution >= 0.6 is 0 Å². The predicted molar refractivity (Wildman–Crippen MR) is 71.9 cm³/mol. The van der Waals surface area contributed by atoms with Gasteiger partial charge in [0.25, 0.3) is 0 Å². The van der Waals surface area contributed by atoms with E-state index < -0.39 is 0 Å². The van der Waals surface area contributed by atoms with E-state index in [4.69, 9.17) is 15.2 Å². The molecule has 0 aliphatic carbocycles. The highest BCUT2D eigenvalue weighted by atomic mass is 16.5. The fraction of sp³-hybridized carbons (Fsp3) is 0.846. The highest BCUT2D eigenvalue weighted by Gasteiger charge is 2.33. The molecule has 3 N–H and O–H groups in total. The third kappa shape index (κ3) is 3.68. The molecule has 0 aromatic heterocycles. The highest BCUT2D eigenvalue weighted by Crippen LogP contribution is 2.15. The van der Waals surface area contributed by atoms with Crippen LogP contribution in [0.3, 0.4) is 0 Å². The zero-order valence-electron chi connectivity index (χ0n) is 11.8. The number of likely N-dealkylation sites (tertiary alicyclic amines) is 1. The maximum atomic E-state index is 12.1. The van der Waals surface area contributed by atoms with Crippen molar-refractivity contribution in [3.05, 3.63) is 0 Å². The second-order valence-corrected chi connectivity index (χ2v) is 5.40. The van der Waals surface area contributed by atoms with Gasteiger partial charge in [-0.15, -0.1) is 0 Å². The summed E-state index contributed by atoms with van der Waals surface area (Å²) in [5.41, 5.74) is 5.83. The van der Waals surface area contributed by atoms with Crippen molar-refractivity contribution >= 4 is 11.8 Å². The Hall–Kier alpha value is -1.18. The maximum absolute atomic E-state index is 12.1. The first-order chi connectivity index (χ1) is 9.61. The van der Waals surface area contributed by atoms with Gasteiger partial charge in [0.05, 0.1) is 19.1 Å². The third-order valence-corrected chi connectivity index (χ3v) is 3.92. The van der Waals surface area contributed by atoms with Gasteiger partial charge in [0.1, 0.15) is 6.61 Å². The molecule has 2 heterocycles. The summed E-state index contributed by atoms with van der Waals surface area (Å²) in [6.45, 7) is 2.27. The van der Waals surface area contributed by atoms with Crippen LogP contribution < -0.4 is 11.1 Å². The Kier molecular flexibility index (Phi) is 5.33. The summed E-state index contributed by atoms with van der Waals surface area (Å²) < 4.78 is 10.0. The molecule has 0 bridgehead atoms. The zero-order chi connectivity index (χ0) is 14.5. The topological polar surface area (TPSA) is 93.9 Å². The maximum Gasteiger partial charge on any atom is 0.248 e. The van der Waals surface area contributed by atoms with Crippen LogP contribution in [0.15, 0.2) is 0 Å². The monoisotopic (exact) mass is 285 g/mol. The van der Waals surface area contributed by atoms with Gasteiger partial charge in [-0.3, -0.25) is 9.59 Å². The van der Waals surface area contributed by atoms with Crippen molar-refractivity contribution in [2.45, 2.75) is 24.9 Å². The van der Waals surface area contributed by atoms with Crippen LogP contribution in [0.4, 0.5) is 0 Å². The molecule has 2 unspecified atom stereocenters. The number of ether oxygens (including phenoxy) is 2. The van der Waals surface area contributed by atoms with Crippen molar-refractivity contribution in [1.82, 2.24) is 10.2 Å². The van der Waals surface area contributed by atoms with Crippen molar-refractivity contribution in [1.29, 1.82) is 0 Å². The fourth-order valence-electron chi connectivity index (χ4n) is 2.64. The Morgan fingerprint density at radius 1 is 1.35 bits per heavy atom. The molecular weight excluding hydrogens is 262 g/mol. The number of nitrogens with two attached hydrogens (primary N) is 1. The van der Waals surface area contributed by atoms with Crippen molar-refractivity contribution in [3.8, 4) is 0 Å². The van der Waals surface area contributed by atoms with Gasteiger partial charge in [0, 0.05) is 32.3 Å². The van der Waals surface area contributed by atoms with Crippen LogP contribution in [0.25, 0.3) is 0 Å². The van der Waals surface area contributed by atoms with Gasteiger partial charge in [0.2, 0.25) is 11.8 Å². The van der Waals surface area contributed by atoms with E-state index in [-0.39, 0.29) is 36.4 Å². The molecule has 2 amide bonds. The SMILES string of the molecule is COCC(=O)N1CCC(NC(=O)C2COCC2N)CC1. The van der Waals surface area contributed by atoms with E-state index in [0.29, 0.717) is 26.3 Å². The summed E-state index contributed by atoms with van der Waals surface area (Å²) in [5.74, 6) is -0.275. The number of amides is 2. The average molecular weight is 285 g/mol. The summed E-state index contributed by atoms with van der Waals surface area (Å²) in [7, 11) is 1.51. The fourth-order valence-corrected chi connectivity index (χ4v) is 2.64. The number of methoxy groups -OCH3 is 1. The minimum absolute atomic E-state index is 0.00323. The van der Waals surface area contributed by atoms with Crippen molar-refractivity contribution in [3.63, 3.8) is 0 Å². The molecular formula is C13H23N3O4. The second kappa shape index (κ2) is 7.01. The summed E-state index contributed by atoms with van der Waals surface area (Å²) in [6.07, 6.45) is 1.54. The van der Waals surface area contributed by atoms with E-state index in [0.717, 1.165) is 12.8 Å². The lowest BCUT2D eigenvalue weighted by Crippen LogP contribution is -2.50. The number of carbonyl (C=O) groups is 2. The zero-order valence-corrected chi connectivity index (χ0v) is 11.8. The molecule has 114 valence electrons.